The van der Waals surface area contributed by atoms with Crippen molar-refractivity contribution >= 4 is 0 Å². The zero-order chi connectivity index (χ0) is 15.4. The SMILES string of the molecule is COc1ccc(C(C)NCc2ccc(O)c(O)c2)cc1F. The van der Waals surface area contributed by atoms with Gasteiger partial charge in [0.25, 0.3) is 0 Å². The molecule has 21 heavy (non-hydrogen) atoms. The lowest BCUT2D eigenvalue weighted by atomic mass is 10.1. The molecule has 0 aromatic heterocycles. The Hall–Kier alpha value is -2.27. The van der Waals surface area contributed by atoms with Crippen molar-refractivity contribution in [3.8, 4) is 17.2 Å². The van der Waals surface area contributed by atoms with E-state index in [-0.39, 0.29) is 23.3 Å². The van der Waals surface area contributed by atoms with Crippen LogP contribution < -0.4 is 10.1 Å². The van der Waals surface area contributed by atoms with Crippen LogP contribution in [-0.2, 0) is 6.54 Å². The smallest absolute Gasteiger partial charge is 0.165 e. The normalized spacial score (nSPS) is 12.1. The number of phenols is 2. The third-order valence-corrected chi connectivity index (χ3v) is 3.33. The van der Waals surface area contributed by atoms with Gasteiger partial charge in [0.05, 0.1) is 7.11 Å². The summed E-state index contributed by atoms with van der Waals surface area (Å²) >= 11 is 0. The first-order valence-electron chi connectivity index (χ1n) is 6.59. The van der Waals surface area contributed by atoms with Crippen LogP contribution in [-0.4, -0.2) is 17.3 Å². The fraction of sp³-hybridized carbons (Fsp3) is 0.250. The van der Waals surface area contributed by atoms with Gasteiger partial charge in [0.15, 0.2) is 23.1 Å². The molecule has 0 bridgehead atoms. The third-order valence-electron chi connectivity index (χ3n) is 3.33. The van der Waals surface area contributed by atoms with E-state index >= 15 is 0 Å². The van der Waals surface area contributed by atoms with Gasteiger partial charge < -0.3 is 20.3 Å². The van der Waals surface area contributed by atoms with Crippen molar-refractivity contribution in [3.05, 3.63) is 53.3 Å². The standard InChI is InChI=1S/C16H18FNO3/c1-10(12-4-6-16(21-2)13(17)8-12)18-9-11-3-5-14(19)15(20)7-11/h3-8,10,18-20H,9H2,1-2H3. The van der Waals surface area contributed by atoms with Crippen molar-refractivity contribution in [2.75, 3.05) is 7.11 Å². The Kier molecular flexibility index (Phi) is 4.65. The summed E-state index contributed by atoms with van der Waals surface area (Å²) < 4.78 is 18.5. The van der Waals surface area contributed by atoms with E-state index in [4.69, 9.17) is 4.74 Å². The average Bonchev–Trinajstić information content (AvgIpc) is 2.48. The minimum atomic E-state index is -0.397. The predicted molar refractivity (Wildman–Crippen MR) is 78.0 cm³/mol. The molecule has 0 saturated carbocycles. The van der Waals surface area contributed by atoms with Gasteiger partial charge in [-0.25, -0.2) is 4.39 Å². The molecular formula is C16H18FNO3. The number of hydrogen-bond acceptors (Lipinski definition) is 4. The average molecular weight is 291 g/mol. The molecule has 1 atom stereocenters. The quantitative estimate of drug-likeness (QED) is 0.741. The number of hydrogen-bond donors (Lipinski definition) is 3. The first kappa shape index (κ1) is 15.1. The summed E-state index contributed by atoms with van der Waals surface area (Å²) in [7, 11) is 1.43. The molecule has 2 rings (SSSR count). The van der Waals surface area contributed by atoms with Crippen molar-refractivity contribution in [1.82, 2.24) is 5.32 Å². The van der Waals surface area contributed by atoms with Gasteiger partial charge in [-0.15, -0.1) is 0 Å². The number of nitrogens with one attached hydrogen (secondary N) is 1. The summed E-state index contributed by atoms with van der Waals surface area (Å²) in [6.07, 6.45) is 0. The monoisotopic (exact) mass is 291 g/mol. The zero-order valence-electron chi connectivity index (χ0n) is 11.9. The van der Waals surface area contributed by atoms with Crippen LogP contribution in [0.5, 0.6) is 17.2 Å². The van der Waals surface area contributed by atoms with Crippen LogP contribution in [0.3, 0.4) is 0 Å². The van der Waals surface area contributed by atoms with Crippen molar-refractivity contribution in [2.24, 2.45) is 0 Å². The fourth-order valence-electron chi connectivity index (χ4n) is 2.02. The second-order valence-electron chi connectivity index (χ2n) is 4.82. The van der Waals surface area contributed by atoms with Crippen molar-refractivity contribution < 1.29 is 19.3 Å². The van der Waals surface area contributed by atoms with E-state index in [9.17, 15) is 14.6 Å². The zero-order valence-corrected chi connectivity index (χ0v) is 11.9. The van der Waals surface area contributed by atoms with E-state index < -0.39 is 5.82 Å². The second-order valence-corrected chi connectivity index (χ2v) is 4.82. The molecule has 0 aliphatic heterocycles. The summed E-state index contributed by atoms with van der Waals surface area (Å²) in [6.45, 7) is 2.41. The number of halogens is 1. The number of methoxy groups -OCH3 is 1. The number of ether oxygens (including phenoxy) is 1. The maximum Gasteiger partial charge on any atom is 0.165 e. The molecule has 0 radical (unpaired) electrons. The third kappa shape index (κ3) is 3.64. The molecule has 112 valence electrons. The Morgan fingerprint density at radius 2 is 1.90 bits per heavy atom. The maximum absolute atomic E-state index is 13.7. The molecule has 3 N–H and O–H groups in total. The first-order valence-corrected chi connectivity index (χ1v) is 6.59. The van der Waals surface area contributed by atoms with Crippen molar-refractivity contribution in [2.45, 2.75) is 19.5 Å². The minimum absolute atomic E-state index is 0.0682. The Labute approximate surface area is 122 Å². The molecule has 0 fully saturated rings. The van der Waals surface area contributed by atoms with E-state index in [1.165, 1.54) is 25.3 Å². The van der Waals surface area contributed by atoms with Crippen LogP contribution in [0.1, 0.15) is 24.1 Å². The molecule has 0 amide bonds. The lowest BCUT2D eigenvalue weighted by Crippen LogP contribution is -2.18. The number of rotatable bonds is 5. The summed E-state index contributed by atoms with van der Waals surface area (Å²) in [4.78, 5) is 0. The minimum Gasteiger partial charge on any atom is -0.504 e. The lowest BCUT2D eigenvalue weighted by molar-refractivity contribution is 0.385. The Morgan fingerprint density at radius 1 is 1.14 bits per heavy atom. The van der Waals surface area contributed by atoms with Gasteiger partial charge in [-0.05, 0) is 42.3 Å². The van der Waals surface area contributed by atoms with E-state index in [0.29, 0.717) is 6.54 Å². The summed E-state index contributed by atoms with van der Waals surface area (Å²) in [5, 5.41) is 21.9. The number of phenolic OH excluding ortho intramolecular Hbond substituents is 2. The molecule has 4 nitrogen and oxygen atoms in total. The van der Waals surface area contributed by atoms with Crippen LogP contribution in [0.2, 0.25) is 0 Å². The van der Waals surface area contributed by atoms with Crippen LogP contribution in [0, 0.1) is 5.82 Å². The van der Waals surface area contributed by atoms with Crippen LogP contribution >= 0.6 is 0 Å². The Morgan fingerprint density at radius 3 is 2.52 bits per heavy atom. The highest BCUT2D eigenvalue weighted by atomic mass is 19.1. The highest BCUT2D eigenvalue weighted by Gasteiger charge is 2.10. The van der Waals surface area contributed by atoms with Crippen LogP contribution in [0.4, 0.5) is 4.39 Å². The molecular weight excluding hydrogens is 273 g/mol. The largest absolute Gasteiger partial charge is 0.504 e. The highest BCUT2D eigenvalue weighted by Crippen LogP contribution is 2.25. The van der Waals surface area contributed by atoms with Crippen molar-refractivity contribution in [3.63, 3.8) is 0 Å². The van der Waals surface area contributed by atoms with E-state index in [1.54, 1.807) is 18.2 Å². The van der Waals surface area contributed by atoms with Gasteiger partial charge in [0.2, 0.25) is 0 Å². The van der Waals surface area contributed by atoms with Crippen LogP contribution in [0.15, 0.2) is 36.4 Å². The van der Waals surface area contributed by atoms with Gasteiger partial charge in [-0.2, -0.15) is 0 Å². The van der Waals surface area contributed by atoms with E-state index in [1.807, 2.05) is 6.92 Å². The topological polar surface area (TPSA) is 61.7 Å². The molecule has 0 saturated heterocycles. The van der Waals surface area contributed by atoms with E-state index in [2.05, 4.69) is 5.32 Å². The molecule has 0 aliphatic rings. The predicted octanol–water partition coefficient (Wildman–Crippen LogP) is 3.10. The maximum atomic E-state index is 13.7. The van der Waals surface area contributed by atoms with Crippen LogP contribution in [0.25, 0.3) is 0 Å². The number of aromatic hydroxyl groups is 2. The molecule has 2 aromatic carbocycles. The fourth-order valence-corrected chi connectivity index (χ4v) is 2.02. The van der Waals surface area contributed by atoms with Gasteiger partial charge in [0.1, 0.15) is 0 Å². The molecule has 0 spiro atoms. The number of benzene rings is 2. The highest BCUT2D eigenvalue weighted by molar-refractivity contribution is 5.40. The first-order chi connectivity index (χ1) is 10.0. The van der Waals surface area contributed by atoms with Gasteiger partial charge in [-0.3, -0.25) is 0 Å². The molecule has 0 aliphatic carbocycles. The molecule has 5 heteroatoms. The molecule has 1 unspecified atom stereocenters. The Balaban J connectivity index is 2.02. The van der Waals surface area contributed by atoms with Gasteiger partial charge in [0, 0.05) is 12.6 Å². The summed E-state index contributed by atoms with van der Waals surface area (Å²) in [5.41, 5.74) is 1.63. The Bertz CT molecular complexity index is 631. The van der Waals surface area contributed by atoms with Gasteiger partial charge >= 0.3 is 0 Å². The molecule has 0 heterocycles. The summed E-state index contributed by atoms with van der Waals surface area (Å²) in [6, 6.07) is 9.40. The van der Waals surface area contributed by atoms with Gasteiger partial charge in [-0.1, -0.05) is 12.1 Å². The summed E-state index contributed by atoms with van der Waals surface area (Å²) in [5.74, 6) is -0.484. The van der Waals surface area contributed by atoms with E-state index in [0.717, 1.165) is 11.1 Å². The van der Waals surface area contributed by atoms with Crippen molar-refractivity contribution in [1.29, 1.82) is 0 Å². The lowest BCUT2D eigenvalue weighted by Gasteiger charge is -2.15. The molecule has 2 aromatic rings. The second kappa shape index (κ2) is 6.45.